The van der Waals surface area contributed by atoms with Crippen molar-refractivity contribution in [2.24, 2.45) is 5.92 Å². The lowest BCUT2D eigenvalue weighted by Gasteiger charge is -2.20. The fourth-order valence-electron chi connectivity index (χ4n) is 3.58. The van der Waals surface area contributed by atoms with Gasteiger partial charge < -0.3 is 9.32 Å². The van der Waals surface area contributed by atoms with E-state index in [0.29, 0.717) is 53.7 Å². The molecule has 0 amide bonds. The summed E-state index contributed by atoms with van der Waals surface area (Å²) in [5, 5.41) is 8.41. The summed E-state index contributed by atoms with van der Waals surface area (Å²) in [6.45, 7) is 5.05. The Balaban J connectivity index is 1.82. The lowest BCUT2D eigenvalue weighted by molar-refractivity contribution is 0.364. The quantitative estimate of drug-likeness (QED) is 0.580. The fraction of sp³-hybridized carbons (Fsp3) is 0.409. The molecule has 0 bridgehead atoms. The molecule has 7 heteroatoms. The number of rotatable bonds is 6. The lowest BCUT2D eigenvalue weighted by Crippen LogP contribution is -2.22. The van der Waals surface area contributed by atoms with Crippen LogP contribution in [0.15, 0.2) is 40.9 Å². The second kappa shape index (κ2) is 8.27. The van der Waals surface area contributed by atoms with Crippen LogP contribution < -0.4 is 4.90 Å². The molecule has 29 heavy (non-hydrogen) atoms. The molecule has 0 N–H and O–H groups in total. The Morgan fingerprint density at radius 3 is 2.72 bits per heavy atom. The molecule has 3 heterocycles. The minimum absolute atomic E-state index is 0.245. The van der Waals surface area contributed by atoms with Crippen LogP contribution in [0, 0.1) is 11.7 Å². The number of halogens is 2. The first-order valence-corrected chi connectivity index (χ1v) is 9.98. The molecule has 152 valence electrons. The first kappa shape index (κ1) is 19.5. The van der Waals surface area contributed by atoms with Gasteiger partial charge in [-0.15, -0.1) is 10.2 Å². The van der Waals surface area contributed by atoms with E-state index in [4.69, 9.17) is 4.42 Å². The molecule has 0 aliphatic carbocycles. The molecule has 3 aromatic rings. The Morgan fingerprint density at radius 2 is 2.00 bits per heavy atom. The third kappa shape index (κ3) is 4.13. The summed E-state index contributed by atoms with van der Waals surface area (Å²) in [6, 6.07) is 8.27. The molecule has 4 rings (SSSR count). The van der Waals surface area contributed by atoms with E-state index in [1.807, 2.05) is 4.90 Å². The van der Waals surface area contributed by atoms with Crippen molar-refractivity contribution < 1.29 is 13.2 Å². The third-order valence-corrected chi connectivity index (χ3v) is 5.14. The molecule has 1 aliphatic rings. The second-order valence-corrected chi connectivity index (χ2v) is 7.80. The fourth-order valence-corrected chi connectivity index (χ4v) is 3.58. The van der Waals surface area contributed by atoms with Crippen LogP contribution in [-0.4, -0.2) is 34.4 Å². The molecule has 1 aromatic carbocycles. The standard InChI is InChI=1S/C22H24F2N4O/c1-14(2)7-8-19-26-27-22(29-19)20-17(16-5-3-4-6-18(16)24)9-11-25-21(20)28-12-10-15(23)13-28/h3-6,9,11,14-15H,7-8,10,12-13H2,1-2H3. The van der Waals surface area contributed by atoms with Crippen LogP contribution in [-0.2, 0) is 6.42 Å². The SMILES string of the molecule is CC(C)CCc1nnc(-c2c(-c3ccccc3F)ccnc2N2CCC(F)C2)o1. The maximum absolute atomic E-state index is 14.6. The van der Waals surface area contributed by atoms with Crippen molar-refractivity contribution in [2.75, 3.05) is 18.0 Å². The summed E-state index contributed by atoms with van der Waals surface area (Å²) in [5.74, 6) is 1.53. The van der Waals surface area contributed by atoms with Crippen molar-refractivity contribution in [3.63, 3.8) is 0 Å². The number of hydrogen-bond donors (Lipinski definition) is 0. The second-order valence-electron chi connectivity index (χ2n) is 7.80. The summed E-state index contributed by atoms with van der Waals surface area (Å²) in [7, 11) is 0. The van der Waals surface area contributed by atoms with Gasteiger partial charge in [0.25, 0.3) is 5.89 Å². The van der Waals surface area contributed by atoms with Gasteiger partial charge in [0.2, 0.25) is 5.89 Å². The molecule has 5 nitrogen and oxygen atoms in total. The van der Waals surface area contributed by atoms with Crippen molar-refractivity contribution >= 4 is 5.82 Å². The van der Waals surface area contributed by atoms with Crippen molar-refractivity contribution in [3.8, 4) is 22.6 Å². The van der Waals surface area contributed by atoms with Gasteiger partial charge in [0.1, 0.15) is 17.8 Å². The number of benzene rings is 1. The number of aryl methyl sites for hydroxylation is 1. The van der Waals surface area contributed by atoms with Gasteiger partial charge in [-0.2, -0.15) is 0 Å². The van der Waals surface area contributed by atoms with Crippen LogP contribution >= 0.6 is 0 Å². The highest BCUT2D eigenvalue weighted by Crippen LogP contribution is 2.39. The highest BCUT2D eigenvalue weighted by Gasteiger charge is 2.29. The van der Waals surface area contributed by atoms with Crippen molar-refractivity contribution in [3.05, 3.63) is 48.2 Å². The highest BCUT2D eigenvalue weighted by atomic mass is 19.1. The minimum Gasteiger partial charge on any atom is -0.421 e. The number of aromatic nitrogens is 3. The van der Waals surface area contributed by atoms with E-state index in [1.54, 1.807) is 30.5 Å². The van der Waals surface area contributed by atoms with Gasteiger partial charge in [0, 0.05) is 30.3 Å². The van der Waals surface area contributed by atoms with E-state index in [0.717, 1.165) is 6.42 Å². The van der Waals surface area contributed by atoms with Gasteiger partial charge >= 0.3 is 0 Å². The molecule has 0 saturated carbocycles. The van der Waals surface area contributed by atoms with Gasteiger partial charge in [-0.3, -0.25) is 0 Å². The summed E-state index contributed by atoms with van der Waals surface area (Å²) in [6.07, 6.45) is 2.74. The van der Waals surface area contributed by atoms with E-state index in [2.05, 4.69) is 29.0 Å². The molecule has 0 spiro atoms. The van der Waals surface area contributed by atoms with E-state index >= 15 is 0 Å². The van der Waals surface area contributed by atoms with E-state index in [-0.39, 0.29) is 18.3 Å². The zero-order valence-electron chi connectivity index (χ0n) is 16.6. The molecular formula is C22H24F2N4O. The molecule has 1 atom stereocenters. The summed E-state index contributed by atoms with van der Waals surface area (Å²) < 4.78 is 34.4. The summed E-state index contributed by atoms with van der Waals surface area (Å²) in [5.41, 5.74) is 1.58. The first-order valence-electron chi connectivity index (χ1n) is 9.98. The van der Waals surface area contributed by atoms with Crippen LogP contribution in [0.4, 0.5) is 14.6 Å². The van der Waals surface area contributed by atoms with E-state index in [1.165, 1.54) is 6.07 Å². The molecule has 2 aromatic heterocycles. The monoisotopic (exact) mass is 398 g/mol. The topological polar surface area (TPSA) is 55.1 Å². The van der Waals surface area contributed by atoms with Crippen LogP contribution in [0.25, 0.3) is 22.6 Å². The van der Waals surface area contributed by atoms with Crippen LogP contribution in [0.3, 0.4) is 0 Å². The largest absolute Gasteiger partial charge is 0.421 e. The maximum atomic E-state index is 14.6. The number of pyridine rings is 1. The zero-order chi connectivity index (χ0) is 20.4. The average Bonchev–Trinajstić information content (AvgIpc) is 3.35. The number of nitrogens with zero attached hydrogens (tertiary/aromatic N) is 4. The predicted molar refractivity (Wildman–Crippen MR) is 108 cm³/mol. The summed E-state index contributed by atoms with van der Waals surface area (Å²) >= 11 is 0. The Bertz CT molecular complexity index is 988. The van der Waals surface area contributed by atoms with E-state index in [9.17, 15) is 8.78 Å². The Labute approximate surface area is 168 Å². The number of alkyl halides is 1. The smallest absolute Gasteiger partial charge is 0.252 e. The molecule has 1 saturated heterocycles. The maximum Gasteiger partial charge on any atom is 0.252 e. The third-order valence-electron chi connectivity index (χ3n) is 5.14. The number of hydrogen-bond acceptors (Lipinski definition) is 5. The highest BCUT2D eigenvalue weighted by molar-refractivity contribution is 5.87. The number of anilines is 1. The minimum atomic E-state index is -0.911. The first-order chi connectivity index (χ1) is 14.0. The van der Waals surface area contributed by atoms with Crippen LogP contribution in [0.5, 0.6) is 0 Å². The van der Waals surface area contributed by atoms with Crippen molar-refractivity contribution in [1.29, 1.82) is 0 Å². The molecular weight excluding hydrogens is 374 g/mol. The van der Waals surface area contributed by atoms with Crippen molar-refractivity contribution in [1.82, 2.24) is 15.2 Å². The van der Waals surface area contributed by atoms with Crippen molar-refractivity contribution in [2.45, 2.75) is 39.3 Å². The lowest BCUT2D eigenvalue weighted by atomic mass is 10.00. The van der Waals surface area contributed by atoms with Crippen LogP contribution in [0.2, 0.25) is 0 Å². The van der Waals surface area contributed by atoms with Gasteiger partial charge in [-0.1, -0.05) is 32.0 Å². The normalized spacial score (nSPS) is 16.7. The van der Waals surface area contributed by atoms with Gasteiger partial charge in [-0.05, 0) is 30.9 Å². The average molecular weight is 398 g/mol. The zero-order valence-corrected chi connectivity index (χ0v) is 16.6. The predicted octanol–water partition coefficient (Wildman–Crippen LogP) is 5.07. The molecule has 0 radical (unpaired) electrons. The van der Waals surface area contributed by atoms with E-state index < -0.39 is 6.17 Å². The van der Waals surface area contributed by atoms with Gasteiger partial charge in [0.05, 0.1) is 12.1 Å². The Kier molecular flexibility index (Phi) is 5.56. The Hall–Kier alpha value is -2.83. The Morgan fingerprint density at radius 1 is 1.17 bits per heavy atom. The molecule has 1 unspecified atom stereocenters. The van der Waals surface area contributed by atoms with Crippen LogP contribution in [0.1, 0.15) is 32.6 Å². The molecule has 1 aliphatic heterocycles. The van der Waals surface area contributed by atoms with Gasteiger partial charge in [-0.25, -0.2) is 13.8 Å². The summed E-state index contributed by atoms with van der Waals surface area (Å²) in [4.78, 5) is 6.34. The van der Waals surface area contributed by atoms with Gasteiger partial charge in [0.15, 0.2) is 0 Å². The molecule has 1 fully saturated rings.